The first-order valence-corrected chi connectivity index (χ1v) is 9.64. The van der Waals surface area contributed by atoms with Crippen LogP contribution in [0.15, 0.2) is 35.3 Å². The topological polar surface area (TPSA) is 71.3 Å². The van der Waals surface area contributed by atoms with Gasteiger partial charge in [0.15, 0.2) is 0 Å². The van der Waals surface area contributed by atoms with Gasteiger partial charge in [-0.1, -0.05) is 12.1 Å². The Bertz CT molecular complexity index is 1160. The van der Waals surface area contributed by atoms with E-state index in [0.717, 1.165) is 38.9 Å². The molecule has 2 N–H and O–H groups in total. The van der Waals surface area contributed by atoms with Gasteiger partial charge in [-0.2, -0.15) is 0 Å². The smallest absolute Gasteiger partial charge is 0.131 e. The zero-order valence-electron chi connectivity index (χ0n) is 17.3. The molecule has 0 aliphatic carbocycles. The first-order valence-electron chi connectivity index (χ1n) is 9.64. The molecule has 1 atom stereocenters. The second-order valence-electron chi connectivity index (χ2n) is 7.56. The number of nitrogens with zero attached hydrogens (tertiary/aromatic N) is 1. The van der Waals surface area contributed by atoms with Crippen molar-refractivity contribution in [3.8, 4) is 34.1 Å². The van der Waals surface area contributed by atoms with Gasteiger partial charge in [0.25, 0.3) is 0 Å². The number of hydrogen-bond donors (Lipinski definition) is 2. The molecule has 1 aliphatic heterocycles. The third-order valence-electron chi connectivity index (χ3n) is 5.64. The number of aryl methyl sites for hydroxylation is 1. The third kappa shape index (κ3) is 2.89. The molecule has 3 aromatic rings. The molecule has 0 saturated heterocycles. The van der Waals surface area contributed by atoms with Crippen molar-refractivity contribution in [2.75, 3.05) is 14.2 Å². The number of rotatable bonds is 3. The molecule has 0 fully saturated rings. The summed E-state index contributed by atoms with van der Waals surface area (Å²) in [6, 6.07) is 9.15. The Hall–Kier alpha value is -3.21. The highest BCUT2D eigenvalue weighted by atomic mass is 16.5. The number of aliphatic imine (C=N–C) groups is 1. The summed E-state index contributed by atoms with van der Waals surface area (Å²) in [5, 5.41) is 23.2. The van der Waals surface area contributed by atoms with Crippen molar-refractivity contribution in [3.63, 3.8) is 0 Å². The van der Waals surface area contributed by atoms with Crippen molar-refractivity contribution in [3.05, 3.63) is 47.0 Å². The lowest BCUT2D eigenvalue weighted by Crippen LogP contribution is -2.19. The maximum absolute atomic E-state index is 11.1. The lowest BCUT2D eigenvalue weighted by Gasteiger charge is -2.26. The van der Waals surface area contributed by atoms with Crippen molar-refractivity contribution in [2.45, 2.75) is 33.2 Å². The SMILES string of the molecule is COc1cc(O)c(-c2c(C)cc(O)c3c(OC)cccc23)c2c1C(C)=N[C@@H](C)C2. The highest BCUT2D eigenvalue weighted by Crippen LogP contribution is 2.48. The normalized spacial score (nSPS) is 15.8. The molecule has 1 heterocycles. The zero-order valence-corrected chi connectivity index (χ0v) is 17.3. The lowest BCUT2D eigenvalue weighted by atomic mass is 9.83. The van der Waals surface area contributed by atoms with Crippen molar-refractivity contribution < 1.29 is 19.7 Å². The van der Waals surface area contributed by atoms with Gasteiger partial charge in [0.2, 0.25) is 0 Å². The van der Waals surface area contributed by atoms with Crippen LogP contribution in [0.4, 0.5) is 0 Å². The zero-order chi connectivity index (χ0) is 20.9. The summed E-state index contributed by atoms with van der Waals surface area (Å²) in [5.41, 5.74) is 5.36. The van der Waals surface area contributed by atoms with Gasteiger partial charge in [-0.05, 0) is 61.4 Å². The number of fused-ring (bicyclic) bond motifs is 2. The fourth-order valence-corrected chi connectivity index (χ4v) is 4.54. The minimum atomic E-state index is 0.103. The molecule has 0 unspecified atom stereocenters. The van der Waals surface area contributed by atoms with E-state index in [1.807, 2.05) is 32.0 Å². The van der Waals surface area contributed by atoms with E-state index in [1.54, 1.807) is 26.4 Å². The summed E-state index contributed by atoms with van der Waals surface area (Å²) in [6.45, 7) is 5.98. The molecule has 0 amide bonds. The van der Waals surface area contributed by atoms with Crippen LogP contribution in [0.5, 0.6) is 23.0 Å². The first kappa shape index (κ1) is 19.1. The molecule has 0 bridgehead atoms. The van der Waals surface area contributed by atoms with Crippen molar-refractivity contribution in [1.82, 2.24) is 0 Å². The van der Waals surface area contributed by atoms with Crippen LogP contribution >= 0.6 is 0 Å². The monoisotopic (exact) mass is 391 g/mol. The van der Waals surface area contributed by atoms with Gasteiger partial charge in [0.05, 0.1) is 25.6 Å². The van der Waals surface area contributed by atoms with Crippen LogP contribution in [-0.4, -0.2) is 36.2 Å². The number of benzene rings is 3. The molecule has 5 nitrogen and oxygen atoms in total. The van der Waals surface area contributed by atoms with Gasteiger partial charge < -0.3 is 19.7 Å². The molecule has 0 spiro atoms. The Balaban J connectivity index is 2.17. The van der Waals surface area contributed by atoms with Gasteiger partial charge in [-0.25, -0.2) is 0 Å². The van der Waals surface area contributed by atoms with Crippen LogP contribution in [0.25, 0.3) is 21.9 Å². The summed E-state index contributed by atoms with van der Waals surface area (Å²) >= 11 is 0. The minimum Gasteiger partial charge on any atom is -0.507 e. The summed E-state index contributed by atoms with van der Waals surface area (Å²) < 4.78 is 11.1. The lowest BCUT2D eigenvalue weighted by molar-refractivity contribution is 0.405. The van der Waals surface area contributed by atoms with Gasteiger partial charge in [0, 0.05) is 22.9 Å². The molecule has 0 radical (unpaired) electrons. The van der Waals surface area contributed by atoms with Gasteiger partial charge >= 0.3 is 0 Å². The van der Waals surface area contributed by atoms with Crippen LogP contribution in [0.3, 0.4) is 0 Å². The molecular formula is C24H25NO4. The summed E-state index contributed by atoms with van der Waals surface area (Å²) in [6.07, 6.45) is 0.693. The fraction of sp³-hybridized carbons (Fsp3) is 0.292. The molecule has 29 heavy (non-hydrogen) atoms. The maximum Gasteiger partial charge on any atom is 0.131 e. The van der Waals surface area contributed by atoms with E-state index in [4.69, 9.17) is 14.5 Å². The molecule has 3 aromatic carbocycles. The third-order valence-corrected chi connectivity index (χ3v) is 5.64. The largest absolute Gasteiger partial charge is 0.507 e. The van der Waals surface area contributed by atoms with E-state index in [0.29, 0.717) is 23.3 Å². The summed E-state index contributed by atoms with van der Waals surface area (Å²) in [7, 11) is 3.19. The predicted molar refractivity (Wildman–Crippen MR) is 116 cm³/mol. The van der Waals surface area contributed by atoms with E-state index in [-0.39, 0.29) is 17.5 Å². The number of ether oxygens (including phenoxy) is 2. The van der Waals surface area contributed by atoms with Crippen LogP contribution in [0.2, 0.25) is 0 Å². The fourth-order valence-electron chi connectivity index (χ4n) is 4.54. The first-order chi connectivity index (χ1) is 13.9. The minimum absolute atomic E-state index is 0.103. The standard InChI is InChI=1S/C24H25NO4/c1-12-9-17(26)23-15(7-6-8-19(23)28-4)21(12)24-16-10-13(2)25-14(3)22(16)20(29-5)11-18(24)27/h6-9,11,13,26-27H,10H2,1-5H3/t13-/m0/s1. The van der Waals surface area contributed by atoms with Crippen LogP contribution in [0, 0.1) is 6.92 Å². The predicted octanol–water partition coefficient (Wildman–Crippen LogP) is 5.00. The Morgan fingerprint density at radius 2 is 1.66 bits per heavy atom. The number of phenolic OH excluding ortho intramolecular Hbond substituents is 2. The molecule has 5 heteroatoms. The maximum atomic E-state index is 11.1. The molecule has 150 valence electrons. The molecule has 1 aliphatic rings. The number of methoxy groups -OCH3 is 2. The second kappa shape index (κ2) is 6.99. The Kier molecular flexibility index (Phi) is 4.61. The van der Waals surface area contributed by atoms with Crippen LogP contribution < -0.4 is 9.47 Å². The molecule has 0 saturated carbocycles. The van der Waals surface area contributed by atoms with E-state index in [1.165, 1.54) is 0 Å². The van der Waals surface area contributed by atoms with Gasteiger partial charge in [-0.3, -0.25) is 4.99 Å². The highest BCUT2D eigenvalue weighted by molar-refractivity contribution is 6.10. The Labute approximate surface area is 170 Å². The molecule has 0 aromatic heterocycles. The van der Waals surface area contributed by atoms with Crippen LogP contribution in [0.1, 0.15) is 30.5 Å². The Morgan fingerprint density at radius 3 is 2.34 bits per heavy atom. The average molecular weight is 391 g/mol. The van der Waals surface area contributed by atoms with Crippen LogP contribution in [-0.2, 0) is 6.42 Å². The highest BCUT2D eigenvalue weighted by Gasteiger charge is 2.28. The van der Waals surface area contributed by atoms with E-state index in [2.05, 4.69) is 6.92 Å². The number of aromatic hydroxyl groups is 2. The number of phenols is 2. The Morgan fingerprint density at radius 1 is 0.931 bits per heavy atom. The van der Waals surface area contributed by atoms with E-state index < -0.39 is 0 Å². The molecule has 4 rings (SSSR count). The quantitative estimate of drug-likeness (QED) is 0.659. The van der Waals surface area contributed by atoms with E-state index >= 15 is 0 Å². The van der Waals surface area contributed by atoms with Gasteiger partial charge in [-0.15, -0.1) is 0 Å². The van der Waals surface area contributed by atoms with Crippen molar-refractivity contribution in [2.24, 2.45) is 4.99 Å². The average Bonchev–Trinajstić information content (AvgIpc) is 2.68. The summed E-state index contributed by atoms with van der Waals surface area (Å²) in [4.78, 5) is 4.72. The number of hydrogen-bond acceptors (Lipinski definition) is 5. The second-order valence-corrected chi connectivity index (χ2v) is 7.56. The van der Waals surface area contributed by atoms with Gasteiger partial charge in [0.1, 0.15) is 23.0 Å². The van der Waals surface area contributed by atoms with E-state index in [9.17, 15) is 10.2 Å². The molecular weight excluding hydrogens is 366 g/mol. The van der Waals surface area contributed by atoms with Crippen molar-refractivity contribution >= 4 is 16.5 Å². The summed E-state index contributed by atoms with van der Waals surface area (Å²) in [5.74, 6) is 1.52. The van der Waals surface area contributed by atoms with Crippen molar-refractivity contribution in [1.29, 1.82) is 0 Å².